The minimum atomic E-state index is -0.197. The fraction of sp³-hybridized carbons (Fsp3) is 0.333. The predicted molar refractivity (Wildman–Crippen MR) is 58.3 cm³/mol. The van der Waals surface area contributed by atoms with Crippen LogP contribution in [0.1, 0.15) is 25.3 Å². The number of nitrogens with two attached hydrogens (primary N) is 1. The Morgan fingerprint density at radius 1 is 1.36 bits per heavy atom. The second kappa shape index (κ2) is 5.55. The van der Waals surface area contributed by atoms with E-state index in [1.807, 2.05) is 13.0 Å². The average molecular weight is 193 g/mol. The summed E-state index contributed by atoms with van der Waals surface area (Å²) in [5.74, 6) is -0.197. The van der Waals surface area contributed by atoms with E-state index in [1.54, 1.807) is 12.1 Å². The smallest absolute Gasteiger partial charge is 0.123 e. The Hall–Kier alpha value is -1.15. The first-order valence-electron chi connectivity index (χ1n) is 4.86. The van der Waals surface area contributed by atoms with Gasteiger partial charge in [-0.15, -0.1) is 0 Å². The standard InChI is InChI=1S/C12H16FN/c1-10(14)4-2-3-5-11-6-8-12(13)9-7-11/h3,5-10H,2,4,14H2,1H3/b5-3+. The third-order valence-corrected chi connectivity index (χ3v) is 1.97. The number of hydrogen-bond donors (Lipinski definition) is 1. The second-order valence-corrected chi connectivity index (χ2v) is 3.51. The van der Waals surface area contributed by atoms with Gasteiger partial charge in [0, 0.05) is 6.04 Å². The molecule has 0 saturated carbocycles. The van der Waals surface area contributed by atoms with E-state index in [9.17, 15) is 4.39 Å². The zero-order valence-corrected chi connectivity index (χ0v) is 8.41. The largest absolute Gasteiger partial charge is 0.328 e. The number of rotatable bonds is 4. The van der Waals surface area contributed by atoms with Crippen molar-refractivity contribution in [2.24, 2.45) is 5.73 Å². The minimum Gasteiger partial charge on any atom is -0.328 e. The highest BCUT2D eigenvalue weighted by molar-refractivity contribution is 5.48. The Morgan fingerprint density at radius 2 is 2.00 bits per heavy atom. The highest BCUT2D eigenvalue weighted by Gasteiger charge is 1.91. The van der Waals surface area contributed by atoms with Crippen LogP contribution in [-0.4, -0.2) is 6.04 Å². The summed E-state index contributed by atoms with van der Waals surface area (Å²) in [5, 5.41) is 0. The molecule has 2 N–H and O–H groups in total. The lowest BCUT2D eigenvalue weighted by Crippen LogP contribution is -2.13. The lowest BCUT2D eigenvalue weighted by molar-refractivity contribution is 0.628. The fourth-order valence-corrected chi connectivity index (χ4v) is 1.15. The molecule has 1 atom stereocenters. The van der Waals surface area contributed by atoms with E-state index in [2.05, 4.69) is 6.08 Å². The van der Waals surface area contributed by atoms with Gasteiger partial charge in [-0.2, -0.15) is 0 Å². The molecule has 76 valence electrons. The summed E-state index contributed by atoms with van der Waals surface area (Å²) in [6.45, 7) is 1.99. The van der Waals surface area contributed by atoms with Crippen LogP contribution in [0, 0.1) is 5.82 Å². The van der Waals surface area contributed by atoms with Gasteiger partial charge >= 0.3 is 0 Å². The molecule has 0 aliphatic rings. The molecular formula is C12H16FN. The van der Waals surface area contributed by atoms with E-state index in [1.165, 1.54) is 12.1 Å². The Kier molecular flexibility index (Phi) is 4.33. The van der Waals surface area contributed by atoms with Crippen molar-refractivity contribution in [3.63, 3.8) is 0 Å². The van der Waals surface area contributed by atoms with Gasteiger partial charge in [0.15, 0.2) is 0 Å². The molecule has 1 nitrogen and oxygen atoms in total. The summed E-state index contributed by atoms with van der Waals surface area (Å²) in [6, 6.07) is 6.69. The van der Waals surface area contributed by atoms with Crippen molar-refractivity contribution in [1.29, 1.82) is 0 Å². The predicted octanol–water partition coefficient (Wildman–Crippen LogP) is 2.97. The topological polar surface area (TPSA) is 26.0 Å². The van der Waals surface area contributed by atoms with E-state index in [0.29, 0.717) is 0 Å². The zero-order chi connectivity index (χ0) is 10.4. The van der Waals surface area contributed by atoms with Gasteiger partial charge in [0.1, 0.15) is 5.82 Å². The van der Waals surface area contributed by atoms with E-state index in [-0.39, 0.29) is 11.9 Å². The molecule has 0 saturated heterocycles. The average Bonchev–Trinajstić information content (AvgIpc) is 2.15. The maximum Gasteiger partial charge on any atom is 0.123 e. The van der Waals surface area contributed by atoms with E-state index in [0.717, 1.165) is 18.4 Å². The molecule has 0 radical (unpaired) electrons. The monoisotopic (exact) mass is 193 g/mol. The third-order valence-electron chi connectivity index (χ3n) is 1.97. The van der Waals surface area contributed by atoms with Gasteiger partial charge in [0.2, 0.25) is 0 Å². The molecule has 0 aliphatic carbocycles. The summed E-state index contributed by atoms with van der Waals surface area (Å²) in [4.78, 5) is 0. The molecule has 0 fully saturated rings. The van der Waals surface area contributed by atoms with Gasteiger partial charge in [0.05, 0.1) is 0 Å². The van der Waals surface area contributed by atoms with Crippen molar-refractivity contribution in [3.05, 3.63) is 41.7 Å². The fourth-order valence-electron chi connectivity index (χ4n) is 1.15. The highest BCUT2D eigenvalue weighted by Crippen LogP contribution is 2.06. The van der Waals surface area contributed by atoms with Gasteiger partial charge in [-0.05, 0) is 37.5 Å². The number of benzene rings is 1. The van der Waals surface area contributed by atoms with Crippen molar-refractivity contribution in [1.82, 2.24) is 0 Å². The van der Waals surface area contributed by atoms with Crippen LogP contribution in [-0.2, 0) is 0 Å². The van der Waals surface area contributed by atoms with Gasteiger partial charge in [-0.25, -0.2) is 4.39 Å². The van der Waals surface area contributed by atoms with Crippen molar-refractivity contribution in [2.75, 3.05) is 0 Å². The number of allylic oxidation sites excluding steroid dienone is 1. The van der Waals surface area contributed by atoms with Crippen LogP contribution in [0.4, 0.5) is 4.39 Å². The highest BCUT2D eigenvalue weighted by atomic mass is 19.1. The summed E-state index contributed by atoms with van der Waals surface area (Å²) < 4.78 is 12.5. The molecule has 0 aromatic heterocycles. The summed E-state index contributed by atoms with van der Waals surface area (Å²) in [6.07, 6.45) is 6.01. The van der Waals surface area contributed by atoms with Gasteiger partial charge in [-0.1, -0.05) is 24.3 Å². The van der Waals surface area contributed by atoms with Crippen molar-refractivity contribution in [3.8, 4) is 0 Å². The lowest BCUT2D eigenvalue weighted by Gasteiger charge is -1.99. The van der Waals surface area contributed by atoms with E-state index in [4.69, 9.17) is 5.73 Å². The minimum absolute atomic E-state index is 0.197. The number of hydrogen-bond acceptors (Lipinski definition) is 1. The first kappa shape index (κ1) is 10.9. The van der Waals surface area contributed by atoms with Crippen LogP contribution in [0.2, 0.25) is 0 Å². The molecule has 1 rings (SSSR count). The SMILES string of the molecule is CC(N)CC/C=C/c1ccc(F)cc1. The Labute approximate surface area is 84.4 Å². The summed E-state index contributed by atoms with van der Waals surface area (Å²) >= 11 is 0. The normalized spacial score (nSPS) is 13.4. The first-order chi connectivity index (χ1) is 6.68. The Bertz CT molecular complexity index is 288. The number of halogens is 1. The molecule has 0 aliphatic heterocycles. The van der Waals surface area contributed by atoms with Crippen molar-refractivity contribution >= 4 is 6.08 Å². The molecule has 1 unspecified atom stereocenters. The molecule has 1 aromatic rings. The van der Waals surface area contributed by atoms with E-state index >= 15 is 0 Å². The Morgan fingerprint density at radius 3 is 2.57 bits per heavy atom. The van der Waals surface area contributed by atoms with Gasteiger partial charge < -0.3 is 5.73 Å². The quantitative estimate of drug-likeness (QED) is 0.781. The molecule has 14 heavy (non-hydrogen) atoms. The lowest BCUT2D eigenvalue weighted by atomic mass is 10.1. The third kappa shape index (κ3) is 4.19. The maximum absolute atomic E-state index is 12.5. The zero-order valence-electron chi connectivity index (χ0n) is 8.41. The molecule has 0 spiro atoms. The van der Waals surface area contributed by atoms with E-state index < -0.39 is 0 Å². The van der Waals surface area contributed by atoms with Crippen molar-refractivity contribution in [2.45, 2.75) is 25.8 Å². The van der Waals surface area contributed by atoms with Crippen LogP contribution in [0.15, 0.2) is 30.3 Å². The molecule has 0 bridgehead atoms. The molecule has 1 aromatic carbocycles. The molecule has 0 heterocycles. The van der Waals surface area contributed by atoms with Crippen LogP contribution in [0.25, 0.3) is 6.08 Å². The van der Waals surface area contributed by atoms with Gasteiger partial charge in [-0.3, -0.25) is 0 Å². The van der Waals surface area contributed by atoms with Crippen LogP contribution in [0.5, 0.6) is 0 Å². The van der Waals surface area contributed by atoms with Crippen molar-refractivity contribution < 1.29 is 4.39 Å². The Balaban J connectivity index is 2.40. The maximum atomic E-state index is 12.5. The summed E-state index contributed by atoms with van der Waals surface area (Å²) in [5.41, 5.74) is 6.63. The second-order valence-electron chi connectivity index (χ2n) is 3.51. The molecule has 2 heteroatoms. The van der Waals surface area contributed by atoms with Crippen LogP contribution < -0.4 is 5.73 Å². The summed E-state index contributed by atoms with van der Waals surface area (Å²) in [7, 11) is 0. The molecule has 0 amide bonds. The van der Waals surface area contributed by atoms with Crippen LogP contribution >= 0.6 is 0 Å². The van der Waals surface area contributed by atoms with Crippen LogP contribution in [0.3, 0.4) is 0 Å². The first-order valence-corrected chi connectivity index (χ1v) is 4.86. The van der Waals surface area contributed by atoms with Gasteiger partial charge in [0.25, 0.3) is 0 Å². The molecular weight excluding hydrogens is 177 g/mol.